The highest BCUT2D eigenvalue weighted by atomic mass is 35.5. The molecule has 0 spiro atoms. The first-order valence-electron chi connectivity index (χ1n) is 4.15. The van der Waals surface area contributed by atoms with Crippen LogP contribution in [0.3, 0.4) is 0 Å². The minimum Gasteiger partial charge on any atom is -0.328 e. The summed E-state index contributed by atoms with van der Waals surface area (Å²) in [7, 11) is 0. The third kappa shape index (κ3) is 3.51. The molecule has 72 valence electrons. The number of hydrogen-bond donors (Lipinski definition) is 1. The number of halogens is 2. The van der Waals surface area contributed by atoms with Gasteiger partial charge in [-0.15, -0.1) is 0 Å². The van der Waals surface area contributed by atoms with Gasteiger partial charge < -0.3 is 5.73 Å². The van der Waals surface area contributed by atoms with E-state index in [2.05, 4.69) is 4.98 Å². The van der Waals surface area contributed by atoms with Gasteiger partial charge in [0.2, 0.25) is 0 Å². The fraction of sp³-hybridized carbons (Fsp3) is 0.444. The number of nitrogens with zero attached hydrogens (tertiary/aromatic N) is 1. The average molecular weight is 219 g/mol. The molecule has 2 N–H and O–H groups in total. The highest BCUT2D eigenvalue weighted by Gasteiger charge is 2.01. The highest BCUT2D eigenvalue weighted by Crippen LogP contribution is 2.20. The molecule has 0 aromatic carbocycles. The Morgan fingerprint density at radius 1 is 1.54 bits per heavy atom. The third-order valence-electron chi connectivity index (χ3n) is 1.74. The number of rotatable bonds is 3. The van der Waals surface area contributed by atoms with E-state index in [1.165, 1.54) is 0 Å². The van der Waals surface area contributed by atoms with Crippen molar-refractivity contribution in [1.82, 2.24) is 4.98 Å². The van der Waals surface area contributed by atoms with E-state index in [1.54, 1.807) is 6.20 Å². The zero-order valence-electron chi connectivity index (χ0n) is 7.43. The topological polar surface area (TPSA) is 38.9 Å². The molecule has 0 bridgehead atoms. The lowest BCUT2D eigenvalue weighted by Gasteiger charge is -2.05. The Morgan fingerprint density at radius 3 is 2.77 bits per heavy atom. The van der Waals surface area contributed by atoms with Gasteiger partial charge in [0.05, 0.1) is 5.02 Å². The smallest absolute Gasteiger partial charge is 0.147 e. The maximum atomic E-state index is 5.80. The Hall–Kier alpha value is -0.310. The number of aryl methyl sites for hydroxylation is 1. The van der Waals surface area contributed by atoms with Crippen molar-refractivity contribution in [2.45, 2.75) is 25.8 Å². The lowest BCUT2D eigenvalue weighted by atomic mass is 10.1. The van der Waals surface area contributed by atoms with Crippen molar-refractivity contribution in [2.75, 3.05) is 0 Å². The minimum atomic E-state index is 0.203. The molecule has 1 rings (SSSR count). The molecule has 1 aromatic rings. The van der Waals surface area contributed by atoms with Crippen LogP contribution < -0.4 is 5.73 Å². The van der Waals surface area contributed by atoms with Crippen LogP contribution in [-0.4, -0.2) is 11.0 Å². The standard InChI is InChI=1S/C9H12Cl2N2/c1-6(12)2-3-7-4-8(10)9(11)13-5-7/h4-6H,2-3,12H2,1H3. The van der Waals surface area contributed by atoms with Crippen molar-refractivity contribution in [3.05, 3.63) is 28.0 Å². The Balaban J connectivity index is 2.63. The van der Waals surface area contributed by atoms with E-state index in [4.69, 9.17) is 28.9 Å². The Morgan fingerprint density at radius 2 is 2.23 bits per heavy atom. The summed E-state index contributed by atoms with van der Waals surface area (Å²) < 4.78 is 0. The van der Waals surface area contributed by atoms with Crippen LogP contribution in [0.4, 0.5) is 0 Å². The number of nitrogens with two attached hydrogens (primary N) is 1. The zero-order valence-corrected chi connectivity index (χ0v) is 8.94. The molecule has 0 radical (unpaired) electrons. The highest BCUT2D eigenvalue weighted by molar-refractivity contribution is 6.41. The van der Waals surface area contributed by atoms with E-state index >= 15 is 0 Å². The molecule has 0 saturated carbocycles. The summed E-state index contributed by atoms with van der Waals surface area (Å²) in [5.74, 6) is 0. The summed E-state index contributed by atoms with van der Waals surface area (Å²) in [6.45, 7) is 1.98. The predicted octanol–water partition coefficient (Wildman–Crippen LogP) is 2.67. The van der Waals surface area contributed by atoms with E-state index in [9.17, 15) is 0 Å². The number of pyridine rings is 1. The normalized spacial score (nSPS) is 12.9. The Labute approximate surface area is 88.1 Å². The van der Waals surface area contributed by atoms with Crippen molar-refractivity contribution in [3.63, 3.8) is 0 Å². The van der Waals surface area contributed by atoms with Crippen LogP contribution in [0.2, 0.25) is 10.2 Å². The SMILES string of the molecule is CC(N)CCc1cnc(Cl)c(Cl)c1. The van der Waals surface area contributed by atoms with Crippen LogP contribution in [0, 0.1) is 0 Å². The zero-order chi connectivity index (χ0) is 9.84. The van der Waals surface area contributed by atoms with Gasteiger partial charge in [0.1, 0.15) is 5.15 Å². The van der Waals surface area contributed by atoms with E-state index < -0.39 is 0 Å². The Bertz CT molecular complexity index is 287. The van der Waals surface area contributed by atoms with E-state index in [0.717, 1.165) is 18.4 Å². The molecule has 0 amide bonds. The maximum Gasteiger partial charge on any atom is 0.147 e. The molecule has 13 heavy (non-hydrogen) atoms. The van der Waals surface area contributed by atoms with E-state index in [1.807, 2.05) is 13.0 Å². The lowest BCUT2D eigenvalue weighted by molar-refractivity contribution is 0.665. The first-order valence-corrected chi connectivity index (χ1v) is 4.90. The summed E-state index contributed by atoms with van der Waals surface area (Å²) in [4.78, 5) is 3.95. The van der Waals surface area contributed by atoms with Crippen LogP contribution in [0.15, 0.2) is 12.3 Å². The second-order valence-electron chi connectivity index (χ2n) is 3.13. The second-order valence-corrected chi connectivity index (χ2v) is 3.90. The molecule has 2 nitrogen and oxygen atoms in total. The van der Waals surface area contributed by atoms with Crippen LogP contribution in [0.25, 0.3) is 0 Å². The number of hydrogen-bond acceptors (Lipinski definition) is 2. The molecule has 1 unspecified atom stereocenters. The van der Waals surface area contributed by atoms with Gasteiger partial charge in [-0.25, -0.2) is 4.98 Å². The molecular weight excluding hydrogens is 207 g/mol. The second kappa shape index (κ2) is 4.80. The third-order valence-corrected chi connectivity index (χ3v) is 2.43. The summed E-state index contributed by atoms with van der Waals surface area (Å²) in [5.41, 5.74) is 6.70. The minimum absolute atomic E-state index is 0.203. The van der Waals surface area contributed by atoms with Crippen molar-refractivity contribution >= 4 is 23.2 Å². The summed E-state index contributed by atoms with van der Waals surface area (Å²) in [6.07, 6.45) is 3.55. The van der Waals surface area contributed by atoms with Gasteiger partial charge in [0, 0.05) is 12.2 Å². The van der Waals surface area contributed by atoms with Gasteiger partial charge >= 0.3 is 0 Å². The fourth-order valence-electron chi connectivity index (χ4n) is 0.992. The molecule has 0 aliphatic rings. The largest absolute Gasteiger partial charge is 0.328 e. The van der Waals surface area contributed by atoms with Gasteiger partial charge in [-0.1, -0.05) is 23.2 Å². The first kappa shape index (κ1) is 10.8. The van der Waals surface area contributed by atoms with Crippen molar-refractivity contribution in [3.8, 4) is 0 Å². The van der Waals surface area contributed by atoms with E-state index in [0.29, 0.717) is 10.2 Å². The predicted molar refractivity (Wildman–Crippen MR) is 56.2 cm³/mol. The van der Waals surface area contributed by atoms with Crippen molar-refractivity contribution < 1.29 is 0 Å². The van der Waals surface area contributed by atoms with Crippen molar-refractivity contribution in [2.24, 2.45) is 5.73 Å². The molecule has 4 heteroatoms. The van der Waals surface area contributed by atoms with E-state index in [-0.39, 0.29) is 6.04 Å². The summed E-state index contributed by atoms with van der Waals surface area (Å²) >= 11 is 11.5. The molecule has 0 saturated heterocycles. The Kier molecular flexibility index (Phi) is 3.97. The van der Waals surface area contributed by atoms with Gasteiger partial charge in [-0.2, -0.15) is 0 Å². The van der Waals surface area contributed by atoms with Gasteiger partial charge in [-0.3, -0.25) is 0 Å². The first-order chi connectivity index (χ1) is 6.09. The quantitative estimate of drug-likeness (QED) is 0.793. The average Bonchev–Trinajstić information content (AvgIpc) is 2.07. The van der Waals surface area contributed by atoms with Gasteiger partial charge in [-0.05, 0) is 31.4 Å². The lowest BCUT2D eigenvalue weighted by Crippen LogP contribution is -2.15. The van der Waals surface area contributed by atoms with Crippen LogP contribution in [0.1, 0.15) is 18.9 Å². The molecular formula is C9H12Cl2N2. The van der Waals surface area contributed by atoms with Gasteiger partial charge in [0.15, 0.2) is 0 Å². The van der Waals surface area contributed by atoms with Crippen molar-refractivity contribution in [1.29, 1.82) is 0 Å². The number of aromatic nitrogens is 1. The van der Waals surface area contributed by atoms with Crippen LogP contribution in [0.5, 0.6) is 0 Å². The molecule has 1 atom stereocenters. The fourth-order valence-corrected chi connectivity index (χ4v) is 1.28. The molecule has 1 heterocycles. The summed E-state index contributed by atoms with van der Waals surface area (Å²) in [6, 6.07) is 2.04. The molecule has 1 aromatic heterocycles. The van der Waals surface area contributed by atoms with Crippen LogP contribution >= 0.6 is 23.2 Å². The molecule has 0 fully saturated rings. The molecule has 0 aliphatic heterocycles. The van der Waals surface area contributed by atoms with Gasteiger partial charge in [0.25, 0.3) is 0 Å². The monoisotopic (exact) mass is 218 g/mol. The maximum absolute atomic E-state index is 5.80. The van der Waals surface area contributed by atoms with Crippen LogP contribution in [-0.2, 0) is 6.42 Å². The summed E-state index contributed by atoms with van der Waals surface area (Å²) in [5, 5.41) is 0.857. The molecule has 0 aliphatic carbocycles.